The topological polar surface area (TPSA) is 41.8 Å². The number of nitrogens with two attached hydrogens (primary N) is 1. The van der Waals surface area contributed by atoms with Gasteiger partial charge in [-0.15, -0.1) is 11.3 Å². The molecule has 3 rings (SSSR count). The molecule has 110 valence electrons. The highest BCUT2D eigenvalue weighted by Gasteiger charge is 2.14. The number of rotatable bonds is 5. The zero-order valence-corrected chi connectivity index (χ0v) is 13.7. The number of aromatic amines is 1. The van der Waals surface area contributed by atoms with E-state index >= 15 is 0 Å². The number of halogens is 1. The SMILES string of the molecule is Cc1ccc2[nH]c(-c3ccc(Cl)s3)c(CCCCN)c2c1. The normalized spacial score (nSPS) is 11.4. The van der Waals surface area contributed by atoms with E-state index in [4.69, 9.17) is 17.3 Å². The number of thiophene rings is 1. The van der Waals surface area contributed by atoms with Gasteiger partial charge in [0.25, 0.3) is 0 Å². The molecule has 3 aromatic rings. The molecule has 0 aliphatic heterocycles. The van der Waals surface area contributed by atoms with Crippen LogP contribution in [0.15, 0.2) is 30.3 Å². The van der Waals surface area contributed by atoms with Crippen LogP contribution in [-0.4, -0.2) is 11.5 Å². The molecular formula is C17H19ClN2S. The lowest BCUT2D eigenvalue weighted by Crippen LogP contribution is -1.99. The smallest absolute Gasteiger partial charge is 0.0935 e. The number of hydrogen-bond donors (Lipinski definition) is 2. The molecule has 0 radical (unpaired) electrons. The molecule has 0 aliphatic rings. The van der Waals surface area contributed by atoms with Crippen molar-refractivity contribution in [2.45, 2.75) is 26.2 Å². The lowest BCUT2D eigenvalue weighted by Gasteiger charge is -2.03. The predicted molar refractivity (Wildman–Crippen MR) is 93.4 cm³/mol. The minimum atomic E-state index is 0.752. The number of aryl methyl sites for hydroxylation is 2. The van der Waals surface area contributed by atoms with Gasteiger partial charge < -0.3 is 10.7 Å². The van der Waals surface area contributed by atoms with Gasteiger partial charge in [0, 0.05) is 10.9 Å². The van der Waals surface area contributed by atoms with Crippen LogP contribution < -0.4 is 5.73 Å². The highest BCUT2D eigenvalue weighted by molar-refractivity contribution is 7.19. The van der Waals surface area contributed by atoms with Crippen LogP contribution in [0.5, 0.6) is 0 Å². The zero-order valence-electron chi connectivity index (χ0n) is 12.1. The lowest BCUT2D eigenvalue weighted by atomic mass is 10.0. The molecule has 1 aromatic carbocycles. The van der Waals surface area contributed by atoms with Gasteiger partial charge in [-0.25, -0.2) is 0 Å². The highest BCUT2D eigenvalue weighted by Crippen LogP contribution is 2.37. The molecule has 0 spiro atoms. The summed E-state index contributed by atoms with van der Waals surface area (Å²) in [4.78, 5) is 4.77. The third kappa shape index (κ3) is 3.00. The first-order chi connectivity index (χ1) is 10.2. The predicted octanol–water partition coefficient (Wildman–Crippen LogP) is 5.14. The van der Waals surface area contributed by atoms with Gasteiger partial charge in [0.05, 0.1) is 14.9 Å². The van der Waals surface area contributed by atoms with E-state index < -0.39 is 0 Å². The Morgan fingerprint density at radius 2 is 2.05 bits per heavy atom. The van der Waals surface area contributed by atoms with Crippen LogP contribution >= 0.6 is 22.9 Å². The van der Waals surface area contributed by atoms with Crippen LogP contribution in [0.3, 0.4) is 0 Å². The lowest BCUT2D eigenvalue weighted by molar-refractivity contribution is 0.748. The minimum Gasteiger partial charge on any atom is -0.354 e. The van der Waals surface area contributed by atoms with Crippen LogP contribution in [0, 0.1) is 6.92 Å². The van der Waals surface area contributed by atoms with Gasteiger partial charge in [-0.2, -0.15) is 0 Å². The summed E-state index contributed by atoms with van der Waals surface area (Å²) in [5.41, 5.74) is 10.7. The molecule has 0 saturated carbocycles. The van der Waals surface area contributed by atoms with Crippen molar-refractivity contribution in [3.05, 3.63) is 45.8 Å². The van der Waals surface area contributed by atoms with Gasteiger partial charge in [0.2, 0.25) is 0 Å². The molecule has 0 fully saturated rings. The Morgan fingerprint density at radius 3 is 2.76 bits per heavy atom. The maximum Gasteiger partial charge on any atom is 0.0935 e. The van der Waals surface area contributed by atoms with E-state index in [1.165, 1.54) is 32.6 Å². The first kappa shape index (κ1) is 14.6. The molecule has 4 heteroatoms. The summed E-state index contributed by atoms with van der Waals surface area (Å²) in [6.07, 6.45) is 3.22. The average Bonchev–Trinajstić information content (AvgIpc) is 3.03. The summed E-state index contributed by atoms with van der Waals surface area (Å²) in [5, 5.41) is 1.33. The average molecular weight is 319 g/mol. The molecule has 2 nitrogen and oxygen atoms in total. The van der Waals surface area contributed by atoms with Crippen molar-refractivity contribution in [1.29, 1.82) is 0 Å². The number of hydrogen-bond acceptors (Lipinski definition) is 2. The zero-order chi connectivity index (χ0) is 14.8. The van der Waals surface area contributed by atoms with Gasteiger partial charge in [0.1, 0.15) is 0 Å². The molecule has 0 atom stereocenters. The van der Waals surface area contributed by atoms with Crippen LogP contribution in [0.1, 0.15) is 24.0 Å². The molecular weight excluding hydrogens is 300 g/mol. The van der Waals surface area contributed by atoms with Crippen molar-refractivity contribution < 1.29 is 0 Å². The molecule has 0 unspecified atom stereocenters. The van der Waals surface area contributed by atoms with Gasteiger partial charge in [-0.3, -0.25) is 0 Å². The Kier molecular flexibility index (Phi) is 4.34. The Balaban J connectivity index is 2.10. The van der Waals surface area contributed by atoms with Crippen LogP contribution in [-0.2, 0) is 6.42 Å². The molecule has 0 saturated heterocycles. The second-order valence-electron chi connectivity index (χ2n) is 5.38. The fraction of sp³-hybridized carbons (Fsp3) is 0.294. The molecule has 2 aromatic heterocycles. The van der Waals surface area contributed by atoms with Crippen LogP contribution in [0.4, 0.5) is 0 Å². The van der Waals surface area contributed by atoms with Crippen molar-refractivity contribution in [3.8, 4) is 10.6 Å². The van der Waals surface area contributed by atoms with E-state index in [0.29, 0.717) is 0 Å². The molecule has 21 heavy (non-hydrogen) atoms. The van der Waals surface area contributed by atoms with Crippen molar-refractivity contribution in [2.24, 2.45) is 5.73 Å². The Bertz CT molecular complexity index is 757. The summed E-state index contributed by atoms with van der Waals surface area (Å²) in [6, 6.07) is 10.6. The molecule has 3 N–H and O–H groups in total. The number of unbranched alkanes of at least 4 members (excludes halogenated alkanes) is 1. The van der Waals surface area contributed by atoms with Gasteiger partial charge in [-0.05, 0) is 62.6 Å². The summed E-state index contributed by atoms with van der Waals surface area (Å²) in [7, 11) is 0. The number of fused-ring (bicyclic) bond motifs is 1. The highest BCUT2D eigenvalue weighted by atomic mass is 35.5. The van der Waals surface area contributed by atoms with E-state index in [0.717, 1.165) is 30.1 Å². The van der Waals surface area contributed by atoms with Gasteiger partial charge >= 0.3 is 0 Å². The van der Waals surface area contributed by atoms with E-state index in [-0.39, 0.29) is 0 Å². The Hall–Kier alpha value is -1.29. The number of H-pyrrole nitrogens is 1. The van der Waals surface area contributed by atoms with Crippen molar-refractivity contribution in [3.63, 3.8) is 0 Å². The van der Waals surface area contributed by atoms with Crippen molar-refractivity contribution >= 4 is 33.8 Å². The van der Waals surface area contributed by atoms with E-state index in [2.05, 4.69) is 36.2 Å². The third-order valence-corrected chi connectivity index (χ3v) is 5.01. The summed E-state index contributed by atoms with van der Waals surface area (Å²) in [5.74, 6) is 0. The molecule has 0 amide bonds. The first-order valence-corrected chi connectivity index (χ1v) is 8.45. The van der Waals surface area contributed by atoms with Gasteiger partial charge in [-0.1, -0.05) is 23.2 Å². The fourth-order valence-corrected chi connectivity index (χ4v) is 3.80. The van der Waals surface area contributed by atoms with E-state index in [1.54, 1.807) is 11.3 Å². The summed E-state index contributed by atoms with van der Waals surface area (Å²) in [6.45, 7) is 2.89. The first-order valence-electron chi connectivity index (χ1n) is 7.26. The fourth-order valence-electron chi connectivity index (χ4n) is 2.73. The molecule has 0 bridgehead atoms. The quantitative estimate of drug-likeness (QED) is 0.628. The van der Waals surface area contributed by atoms with Crippen molar-refractivity contribution in [2.75, 3.05) is 6.54 Å². The summed E-state index contributed by atoms with van der Waals surface area (Å²) < 4.78 is 0.827. The monoisotopic (exact) mass is 318 g/mol. The Morgan fingerprint density at radius 1 is 1.19 bits per heavy atom. The second-order valence-corrected chi connectivity index (χ2v) is 7.09. The maximum absolute atomic E-state index is 6.10. The number of aromatic nitrogens is 1. The number of benzene rings is 1. The van der Waals surface area contributed by atoms with Crippen LogP contribution in [0.2, 0.25) is 4.34 Å². The van der Waals surface area contributed by atoms with E-state index in [1.807, 2.05) is 6.07 Å². The van der Waals surface area contributed by atoms with Gasteiger partial charge in [0.15, 0.2) is 0 Å². The summed E-state index contributed by atoms with van der Waals surface area (Å²) >= 11 is 7.72. The minimum absolute atomic E-state index is 0.752. The standard InChI is InChI=1S/C17H19ClN2S/c1-11-5-6-14-13(10-11)12(4-2-3-9-19)17(20-14)15-7-8-16(18)21-15/h5-8,10,20H,2-4,9,19H2,1H3. The number of nitrogens with one attached hydrogen (secondary N) is 1. The maximum atomic E-state index is 6.10. The Labute approximate surface area is 133 Å². The van der Waals surface area contributed by atoms with E-state index in [9.17, 15) is 0 Å². The van der Waals surface area contributed by atoms with Crippen LogP contribution in [0.25, 0.3) is 21.5 Å². The largest absolute Gasteiger partial charge is 0.354 e. The van der Waals surface area contributed by atoms with Crippen molar-refractivity contribution in [1.82, 2.24) is 4.98 Å². The second kappa shape index (κ2) is 6.22. The third-order valence-electron chi connectivity index (χ3n) is 3.76. The molecule has 2 heterocycles. The molecule has 0 aliphatic carbocycles.